The number of hydrogen-bond acceptors (Lipinski definition) is 3. The monoisotopic (exact) mass is 730 g/mol. The Morgan fingerprint density at radius 2 is 0.953 bits per heavy atom. The first kappa shape index (κ1) is 35.1. The molecule has 2 aliphatic carbocycles. The molecule has 43 heavy (non-hydrogen) atoms. The molecule has 6 heteroatoms. The Hall–Kier alpha value is -2.37. The Morgan fingerprint density at radius 3 is 1.37 bits per heavy atom. The Bertz CT molecular complexity index is 1290. The van der Waals surface area contributed by atoms with Crippen molar-refractivity contribution in [3.63, 3.8) is 0 Å². The van der Waals surface area contributed by atoms with Crippen molar-refractivity contribution in [2.75, 3.05) is 0 Å². The number of nitrogens with zero attached hydrogens (tertiary/aromatic N) is 2. The summed E-state index contributed by atoms with van der Waals surface area (Å²) in [7, 11) is 0. The SMILES string of the molecule is C/C(=N/N=C(\[O-])c1ccccc1Cl)[C]1[CH][CH][CH][CH]1.[CH]1[CH][CH][CH][CH]1.[Fe+2].c1cc[c]([Sn+]([c]2ccccc2)[c]2ccccc2)cc1. The van der Waals surface area contributed by atoms with Gasteiger partial charge in [0.2, 0.25) is 0 Å². The summed E-state index contributed by atoms with van der Waals surface area (Å²) in [6.45, 7) is 1.80. The fraction of sp³-hybridized carbons (Fsp3) is 0.0270. The summed E-state index contributed by atoms with van der Waals surface area (Å²) >= 11 is 3.92. The van der Waals surface area contributed by atoms with E-state index in [1.807, 2.05) is 57.8 Å². The van der Waals surface area contributed by atoms with E-state index in [1.54, 1.807) is 31.2 Å². The molecule has 0 amide bonds. The van der Waals surface area contributed by atoms with Gasteiger partial charge in [-0.3, -0.25) is 0 Å². The van der Waals surface area contributed by atoms with Crippen molar-refractivity contribution in [3.05, 3.63) is 190 Å². The van der Waals surface area contributed by atoms with Crippen LogP contribution in [0, 0.1) is 63.7 Å². The van der Waals surface area contributed by atoms with Crippen molar-refractivity contribution in [2.24, 2.45) is 10.2 Å². The third kappa shape index (κ3) is 11.6. The first-order valence-electron chi connectivity index (χ1n) is 13.6. The fourth-order valence-corrected chi connectivity index (χ4v) is 11.7. The topological polar surface area (TPSA) is 47.8 Å². The average molecular weight is 730 g/mol. The second-order valence-corrected chi connectivity index (χ2v) is 16.7. The van der Waals surface area contributed by atoms with Crippen LogP contribution >= 0.6 is 11.6 Å². The fourth-order valence-electron chi connectivity index (χ4n) is 4.12. The molecule has 0 aliphatic heterocycles. The van der Waals surface area contributed by atoms with E-state index in [2.05, 4.69) is 101 Å². The standard InChI is InChI=1S/C14H12ClN2O.3C6H5.C5H5.Fe.Sn/c1-10(11-6-2-3-7-11)16-17-14(18)12-8-4-5-9-13(12)15;3*1-2-4-6-5-3-1;1-2-4-5-3-1;;/h2-9H,1H3,(H,17,18);3*1-5H;1-5H;;/q;;;;;+2;+1/p-1/b16-10-;;;;;;. The van der Waals surface area contributed by atoms with Crippen molar-refractivity contribution in [1.29, 1.82) is 0 Å². The third-order valence-corrected chi connectivity index (χ3v) is 14.3. The molecule has 0 N–H and O–H groups in total. The first-order chi connectivity index (χ1) is 20.6. The van der Waals surface area contributed by atoms with E-state index in [0.29, 0.717) is 16.3 Å². The molecule has 2 fully saturated rings. The summed E-state index contributed by atoms with van der Waals surface area (Å²) in [6, 6.07) is 39.7. The molecule has 212 valence electrons. The van der Waals surface area contributed by atoms with Crippen LogP contribution in [0.1, 0.15) is 12.5 Å². The molecule has 0 spiro atoms. The molecule has 0 saturated heterocycles. The third-order valence-electron chi connectivity index (χ3n) is 6.22. The van der Waals surface area contributed by atoms with Gasteiger partial charge in [-0.15, -0.1) is 0 Å². The predicted octanol–water partition coefficient (Wildman–Crippen LogP) is 5.45. The maximum atomic E-state index is 11.8. The van der Waals surface area contributed by atoms with Gasteiger partial charge in [0.25, 0.3) is 0 Å². The van der Waals surface area contributed by atoms with Crippen molar-refractivity contribution >= 4 is 53.7 Å². The molecule has 0 bridgehead atoms. The van der Waals surface area contributed by atoms with Crippen LogP contribution in [0.3, 0.4) is 0 Å². The second kappa shape index (κ2) is 19.8. The van der Waals surface area contributed by atoms with Crippen molar-refractivity contribution in [1.82, 2.24) is 0 Å². The summed E-state index contributed by atoms with van der Waals surface area (Å²) in [5.41, 5.74) is 1.05. The number of halogens is 1. The number of rotatable bonds is 6. The van der Waals surface area contributed by atoms with Crippen LogP contribution in [0.2, 0.25) is 5.02 Å². The van der Waals surface area contributed by atoms with Crippen molar-refractivity contribution in [3.8, 4) is 0 Å². The van der Waals surface area contributed by atoms with E-state index in [9.17, 15) is 5.11 Å². The van der Waals surface area contributed by atoms with Gasteiger partial charge in [-0.25, -0.2) is 0 Å². The van der Waals surface area contributed by atoms with E-state index in [4.69, 9.17) is 11.6 Å². The summed E-state index contributed by atoms with van der Waals surface area (Å²) < 4.78 is 4.59. The first-order valence-corrected chi connectivity index (χ1v) is 18.3. The molecule has 0 heterocycles. The molecule has 6 rings (SSSR count). The van der Waals surface area contributed by atoms with E-state index < -0.39 is 25.7 Å². The molecular formula is C37H31ClFeN2OSn+2. The average Bonchev–Trinajstić information content (AvgIpc) is 3.81. The van der Waals surface area contributed by atoms with Crippen molar-refractivity contribution in [2.45, 2.75) is 6.92 Å². The Morgan fingerprint density at radius 1 is 0.558 bits per heavy atom. The molecule has 0 unspecified atom stereocenters. The molecule has 0 aromatic heterocycles. The van der Waals surface area contributed by atoms with Crippen molar-refractivity contribution < 1.29 is 22.2 Å². The van der Waals surface area contributed by atoms with Gasteiger partial charge < -0.3 is 5.11 Å². The second-order valence-electron chi connectivity index (χ2n) is 9.18. The van der Waals surface area contributed by atoms with E-state index in [0.717, 1.165) is 5.92 Å². The molecule has 2 saturated carbocycles. The summed E-state index contributed by atoms with van der Waals surface area (Å²) in [4.78, 5) is 0. The Labute approximate surface area is 280 Å². The van der Waals surface area contributed by atoms with Gasteiger partial charge in [0.05, 0.1) is 0 Å². The van der Waals surface area contributed by atoms with Gasteiger partial charge in [-0.05, 0) is 70.8 Å². The zero-order chi connectivity index (χ0) is 29.4. The molecule has 2 aliphatic rings. The number of hydrogen-bond donors (Lipinski definition) is 0. The van der Waals surface area contributed by atoms with Gasteiger partial charge >= 0.3 is 139 Å². The van der Waals surface area contributed by atoms with Crippen LogP contribution in [0.15, 0.2) is 125 Å². The maximum absolute atomic E-state index is 11.8. The summed E-state index contributed by atoms with van der Waals surface area (Å²) in [5, 5.41) is 19.8. The van der Waals surface area contributed by atoms with Crippen LogP contribution < -0.4 is 15.8 Å². The molecule has 10 radical (unpaired) electrons. The van der Waals surface area contributed by atoms with Crippen LogP contribution in [-0.4, -0.2) is 31.4 Å². The summed E-state index contributed by atoms with van der Waals surface area (Å²) in [5.74, 6) is 0.511. The van der Waals surface area contributed by atoms with Gasteiger partial charge in [0, 0.05) is 28.1 Å². The normalized spacial score (nSPS) is 14.9. The Balaban J connectivity index is 0.000000199. The van der Waals surface area contributed by atoms with Crippen LogP contribution in [0.5, 0.6) is 0 Å². The van der Waals surface area contributed by atoms with E-state index in [1.165, 1.54) is 10.7 Å². The molecule has 4 aromatic carbocycles. The molecule has 4 aromatic rings. The molecular weight excluding hydrogens is 698 g/mol. The zero-order valence-corrected chi connectivity index (χ0v) is 28.4. The Kier molecular flexibility index (Phi) is 16.2. The van der Waals surface area contributed by atoms with Crippen LogP contribution in [-0.2, 0) is 17.1 Å². The van der Waals surface area contributed by atoms with Gasteiger partial charge in [0.1, 0.15) is 0 Å². The minimum absolute atomic E-state index is 0. The van der Waals surface area contributed by atoms with Gasteiger partial charge in [0.15, 0.2) is 0 Å². The van der Waals surface area contributed by atoms with E-state index >= 15 is 0 Å². The van der Waals surface area contributed by atoms with Gasteiger partial charge in [-0.2, -0.15) is 10.2 Å². The minimum atomic E-state index is -1.98. The van der Waals surface area contributed by atoms with E-state index in [-0.39, 0.29) is 17.1 Å². The molecule has 0 atom stereocenters. The predicted molar refractivity (Wildman–Crippen MR) is 177 cm³/mol. The zero-order valence-electron chi connectivity index (χ0n) is 23.7. The van der Waals surface area contributed by atoms with Crippen LogP contribution in [0.4, 0.5) is 0 Å². The van der Waals surface area contributed by atoms with Gasteiger partial charge in [-0.1, -0.05) is 29.8 Å². The number of benzene rings is 4. The van der Waals surface area contributed by atoms with Crippen LogP contribution in [0.25, 0.3) is 0 Å². The quantitative estimate of drug-likeness (QED) is 0.113. The summed E-state index contributed by atoms with van der Waals surface area (Å²) in [6.07, 6.45) is 17.6. The molecule has 3 nitrogen and oxygen atoms in total.